The monoisotopic (exact) mass is 351 g/mol. The first-order chi connectivity index (χ1) is 9.29. The van der Waals surface area contributed by atoms with Gasteiger partial charge in [0.1, 0.15) is 0 Å². The van der Waals surface area contributed by atoms with Gasteiger partial charge in [-0.05, 0) is 34.2 Å². The van der Waals surface area contributed by atoms with Crippen molar-refractivity contribution in [3.05, 3.63) is 68.7 Å². The van der Waals surface area contributed by atoms with Gasteiger partial charge < -0.3 is 5.73 Å². The zero-order valence-electron chi connectivity index (χ0n) is 12.0. The van der Waals surface area contributed by atoms with Crippen LogP contribution in [0.3, 0.4) is 0 Å². The molecule has 1 unspecified atom stereocenters. The molecule has 0 heterocycles. The maximum absolute atomic E-state index is 6.33. The molecule has 20 heavy (non-hydrogen) atoms. The Morgan fingerprint density at radius 1 is 1.05 bits per heavy atom. The second-order valence-corrected chi connectivity index (χ2v) is 7.34. The van der Waals surface area contributed by atoms with Crippen LogP contribution in [0.15, 0.2) is 46.9 Å². The van der Waals surface area contributed by atoms with Gasteiger partial charge in [0.05, 0.1) is 6.04 Å². The maximum atomic E-state index is 6.33. The van der Waals surface area contributed by atoms with Crippen LogP contribution in [0, 0.1) is 0 Å². The smallest absolute Gasteiger partial charge is 0.0566 e. The molecule has 2 rings (SSSR count). The van der Waals surface area contributed by atoms with E-state index in [-0.39, 0.29) is 11.5 Å². The van der Waals surface area contributed by atoms with Gasteiger partial charge in [-0.25, -0.2) is 0 Å². The minimum absolute atomic E-state index is 0.151. The summed E-state index contributed by atoms with van der Waals surface area (Å²) in [6.07, 6.45) is 0. The highest BCUT2D eigenvalue weighted by atomic mass is 79.9. The molecule has 0 aliphatic rings. The number of halogens is 2. The summed E-state index contributed by atoms with van der Waals surface area (Å²) in [6, 6.07) is 14.1. The Morgan fingerprint density at radius 3 is 2.15 bits per heavy atom. The summed E-state index contributed by atoms with van der Waals surface area (Å²) in [5.74, 6) is 0. The van der Waals surface area contributed by atoms with Gasteiger partial charge in [0, 0.05) is 9.50 Å². The van der Waals surface area contributed by atoms with E-state index in [0.29, 0.717) is 5.02 Å². The van der Waals surface area contributed by atoms with Gasteiger partial charge in [0.25, 0.3) is 0 Å². The topological polar surface area (TPSA) is 26.0 Å². The molecule has 106 valence electrons. The summed E-state index contributed by atoms with van der Waals surface area (Å²) in [5, 5.41) is 0.687. The molecule has 0 bridgehead atoms. The molecule has 0 radical (unpaired) electrons. The second kappa shape index (κ2) is 5.88. The summed E-state index contributed by atoms with van der Waals surface area (Å²) in [5.41, 5.74) is 9.79. The first-order valence-electron chi connectivity index (χ1n) is 6.60. The quantitative estimate of drug-likeness (QED) is 0.764. The van der Waals surface area contributed by atoms with Crippen LogP contribution in [0.4, 0.5) is 0 Å². The summed E-state index contributed by atoms with van der Waals surface area (Å²) in [7, 11) is 0. The molecule has 0 amide bonds. The third kappa shape index (κ3) is 3.43. The minimum atomic E-state index is -0.204. The molecule has 3 heteroatoms. The normalized spacial score (nSPS) is 13.3. The minimum Gasteiger partial charge on any atom is -0.320 e. The molecule has 0 spiro atoms. The summed E-state index contributed by atoms with van der Waals surface area (Å²) >= 11 is 9.68. The van der Waals surface area contributed by atoms with Crippen LogP contribution in [-0.4, -0.2) is 0 Å². The average molecular weight is 353 g/mol. The molecule has 2 aromatic rings. The number of benzene rings is 2. The van der Waals surface area contributed by atoms with Crippen molar-refractivity contribution in [1.29, 1.82) is 0 Å². The van der Waals surface area contributed by atoms with E-state index in [1.807, 2.05) is 18.2 Å². The summed E-state index contributed by atoms with van der Waals surface area (Å²) in [4.78, 5) is 0. The van der Waals surface area contributed by atoms with E-state index in [9.17, 15) is 0 Å². The van der Waals surface area contributed by atoms with Crippen LogP contribution < -0.4 is 5.73 Å². The van der Waals surface area contributed by atoms with Gasteiger partial charge >= 0.3 is 0 Å². The van der Waals surface area contributed by atoms with Gasteiger partial charge in [-0.3, -0.25) is 0 Å². The fraction of sp³-hybridized carbons (Fsp3) is 0.294. The maximum Gasteiger partial charge on any atom is 0.0566 e. The van der Waals surface area contributed by atoms with Crippen LogP contribution >= 0.6 is 27.5 Å². The largest absolute Gasteiger partial charge is 0.320 e. The molecule has 0 saturated heterocycles. The molecule has 0 aliphatic heterocycles. The van der Waals surface area contributed by atoms with Crippen LogP contribution in [0.5, 0.6) is 0 Å². The lowest BCUT2D eigenvalue weighted by Crippen LogP contribution is -2.14. The van der Waals surface area contributed by atoms with E-state index >= 15 is 0 Å². The van der Waals surface area contributed by atoms with E-state index < -0.39 is 0 Å². The van der Waals surface area contributed by atoms with Crippen molar-refractivity contribution >= 4 is 27.5 Å². The molecular weight excluding hydrogens is 334 g/mol. The molecule has 0 aliphatic carbocycles. The van der Waals surface area contributed by atoms with Gasteiger partial charge in [-0.1, -0.05) is 78.6 Å². The Hall–Kier alpha value is -0.830. The Labute approximate surface area is 134 Å². The van der Waals surface area contributed by atoms with Crippen LogP contribution in [0.25, 0.3) is 0 Å². The van der Waals surface area contributed by atoms with E-state index in [4.69, 9.17) is 17.3 Å². The lowest BCUT2D eigenvalue weighted by molar-refractivity contribution is 0.589. The fourth-order valence-corrected chi connectivity index (χ4v) is 2.91. The third-order valence-electron chi connectivity index (χ3n) is 3.43. The zero-order chi connectivity index (χ0) is 14.9. The number of rotatable bonds is 2. The summed E-state index contributed by atoms with van der Waals surface area (Å²) < 4.78 is 0.960. The Morgan fingerprint density at radius 2 is 1.65 bits per heavy atom. The molecule has 1 nitrogen and oxygen atoms in total. The van der Waals surface area contributed by atoms with Crippen molar-refractivity contribution in [2.75, 3.05) is 0 Å². The summed E-state index contributed by atoms with van der Waals surface area (Å²) in [6.45, 7) is 6.61. The lowest BCUT2D eigenvalue weighted by atomic mass is 9.86. The second-order valence-electron chi connectivity index (χ2n) is 6.02. The molecule has 0 saturated carbocycles. The highest BCUT2D eigenvalue weighted by Gasteiger charge is 2.16. The van der Waals surface area contributed by atoms with Crippen molar-refractivity contribution in [2.45, 2.75) is 32.2 Å². The van der Waals surface area contributed by atoms with Crippen LogP contribution in [0.2, 0.25) is 5.02 Å². The molecule has 1 atom stereocenters. The highest BCUT2D eigenvalue weighted by Crippen LogP contribution is 2.30. The van der Waals surface area contributed by atoms with Crippen LogP contribution in [0.1, 0.15) is 43.5 Å². The van der Waals surface area contributed by atoms with Gasteiger partial charge in [-0.2, -0.15) is 0 Å². The van der Waals surface area contributed by atoms with Gasteiger partial charge in [-0.15, -0.1) is 0 Å². The fourth-order valence-electron chi connectivity index (χ4n) is 2.12. The first kappa shape index (κ1) is 15.6. The predicted molar refractivity (Wildman–Crippen MR) is 90.3 cm³/mol. The van der Waals surface area contributed by atoms with Crippen molar-refractivity contribution in [3.8, 4) is 0 Å². The lowest BCUT2D eigenvalue weighted by Gasteiger charge is -2.20. The van der Waals surface area contributed by atoms with Crippen molar-refractivity contribution < 1.29 is 0 Å². The van der Waals surface area contributed by atoms with Crippen LogP contribution in [-0.2, 0) is 5.41 Å². The Kier molecular flexibility index (Phi) is 4.58. The number of hydrogen-bond acceptors (Lipinski definition) is 1. The molecule has 0 fully saturated rings. The van der Waals surface area contributed by atoms with Gasteiger partial charge in [0.2, 0.25) is 0 Å². The highest BCUT2D eigenvalue weighted by molar-refractivity contribution is 9.10. The first-order valence-corrected chi connectivity index (χ1v) is 7.77. The van der Waals surface area contributed by atoms with E-state index in [0.717, 1.165) is 15.6 Å². The molecule has 2 aromatic carbocycles. The Bertz CT molecular complexity index is 599. The Balaban J connectivity index is 2.31. The standard InChI is InChI=1S/C17H19BrClN/c1-17(2,3)12-6-4-11(5-7-12)16(20)14-9-8-13(18)10-15(14)19/h4-10,16H,20H2,1-3H3. The molecular formula is C17H19BrClN. The third-order valence-corrected chi connectivity index (χ3v) is 4.25. The number of nitrogens with two attached hydrogens (primary N) is 1. The predicted octanol–water partition coefficient (Wildman–Crippen LogP) is 5.45. The van der Waals surface area contributed by atoms with Crippen molar-refractivity contribution in [1.82, 2.24) is 0 Å². The van der Waals surface area contributed by atoms with Crippen molar-refractivity contribution in [2.24, 2.45) is 5.73 Å². The average Bonchev–Trinajstić information content (AvgIpc) is 2.37. The SMILES string of the molecule is CC(C)(C)c1ccc(C(N)c2ccc(Br)cc2Cl)cc1. The van der Waals surface area contributed by atoms with E-state index in [2.05, 4.69) is 61.0 Å². The zero-order valence-corrected chi connectivity index (χ0v) is 14.3. The molecule has 0 aromatic heterocycles. The van der Waals surface area contributed by atoms with Gasteiger partial charge in [0.15, 0.2) is 0 Å². The van der Waals surface area contributed by atoms with E-state index in [1.54, 1.807) is 0 Å². The van der Waals surface area contributed by atoms with Crippen molar-refractivity contribution in [3.63, 3.8) is 0 Å². The van der Waals surface area contributed by atoms with E-state index in [1.165, 1.54) is 5.56 Å². The number of hydrogen-bond donors (Lipinski definition) is 1. The molecule has 2 N–H and O–H groups in total.